The van der Waals surface area contributed by atoms with Gasteiger partial charge in [0.25, 0.3) is 0 Å². The van der Waals surface area contributed by atoms with E-state index in [1.54, 1.807) is 24.0 Å². The number of hydrogen-bond donors (Lipinski definition) is 1. The number of ether oxygens (including phenoxy) is 2. The fourth-order valence-electron chi connectivity index (χ4n) is 2.97. The van der Waals surface area contributed by atoms with E-state index in [2.05, 4.69) is 0 Å². The van der Waals surface area contributed by atoms with Crippen molar-refractivity contribution in [2.45, 2.75) is 25.0 Å². The van der Waals surface area contributed by atoms with E-state index in [0.29, 0.717) is 26.2 Å². The van der Waals surface area contributed by atoms with Gasteiger partial charge in [0.1, 0.15) is 12.2 Å². The molecule has 1 N–H and O–H groups in total. The van der Waals surface area contributed by atoms with E-state index >= 15 is 0 Å². The van der Waals surface area contributed by atoms with E-state index in [4.69, 9.17) is 14.6 Å². The molecule has 3 unspecified atom stereocenters. The molecule has 3 atom stereocenters. The molecule has 2 aliphatic heterocycles. The van der Waals surface area contributed by atoms with Crippen LogP contribution >= 0.6 is 0 Å². The zero-order valence-corrected chi connectivity index (χ0v) is 11.9. The molecule has 7 heteroatoms. The number of carbonyl (C=O) groups excluding carboxylic acids is 1. The van der Waals surface area contributed by atoms with Crippen molar-refractivity contribution in [2.75, 3.05) is 40.4 Å². The molecule has 2 rings (SSSR count). The number of aliphatic carboxylic acids is 1. The first-order valence-corrected chi connectivity index (χ1v) is 6.86. The maximum Gasteiger partial charge on any atom is 0.320 e. The van der Waals surface area contributed by atoms with Crippen molar-refractivity contribution in [1.82, 2.24) is 9.80 Å². The van der Waals surface area contributed by atoms with Crippen molar-refractivity contribution < 1.29 is 24.2 Å². The topological polar surface area (TPSA) is 79.3 Å². The van der Waals surface area contributed by atoms with Gasteiger partial charge in [0.15, 0.2) is 0 Å². The third kappa shape index (κ3) is 3.21. The summed E-state index contributed by atoms with van der Waals surface area (Å²) in [4.78, 5) is 26.6. The van der Waals surface area contributed by atoms with E-state index in [1.165, 1.54) is 0 Å². The van der Waals surface area contributed by atoms with Crippen molar-refractivity contribution in [2.24, 2.45) is 5.92 Å². The molecule has 114 valence electrons. The van der Waals surface area contributed by atoms with Gasteiger partial charge in [0, 0.05) is 33.7 Å². The summed E-state index contributed by atoms with van der Waals surface area (Å²) in [5.74, 6) is -0.736. The minimum absolute atomic E-state index is 0.0421. The van der Waals surface area contributed by atoms with Gasteiger partial charge in [-0.1, -0.05) is 0 Å². The predicted molar refractivity (Wildman–Crippen MR) is 70.5 cm³/mol. The molecule has 0 aliphatic carbocycles. The van der Waals surface area contributed by atoms with Gasteiger partial charge >= 0.3 is 12.0 Å². The Labute approximate surface area is 118 Å². The quantitative estimate of drug-likeness (QED) is 0.801. The number of nitrogens with zero attached hydrogens (tertiary/aromatic N) is 2. The van der Waals surface area contributed by atoms with Gasteiger partial charge in [-0.25, -0.2) is 4.79 Å². The zero-order chi connectivity index (χ0) is 14.7. The second-order valence-corrected chi connectivity index (χ2v) is 5.43. The van der Waals surface area contributed by atoms with Crippen molar-refractivity contribution in [3.63, 3.8) is 0 Å². The Bertz CT molecular complexity index is 364. The molecule has 2 amide bonds. The summed E-state index contributed by atoms with van der Waals surface area (Å²) < 4.78 is 10.6. The second kappa shape index (κ2) is 6.41. The van der Waals surface area contributed by atoms with E-state index in [-0.39, 0.29) is 30.6 Å². The molecule has 7 nitrogen and oxygen atoms in total. The van der Waals surface area contributed by atoms with Gasteiger partial charge in [-0.2, -0.15) is 0 Å². The van der Waals surface area contributed by atoms with E-state index in [0.717, 1.165) is 6.42 Å². The molecule has 0 radical (unpaired) electrons. The molecular weight excluding hydrogens is 264 g/mol. The lowest BCUT2D eigenvalue weighted by Gasteiger charge is -2.24. The van der Waals surface area contributed by atoms with Crippen molar-refractivity contribution >= 4 is 12.0 Å². The van der Waals surface area contributed by atoms with Crippen molar-refractivity contribution in [3.8, 4) is 0 Å². The Kier molecular flexibility index (Phi) is 4.82. The predicted octanol–water partition coefficient (Wildman–Crippen LogP) is 0.249. The first-order valence-electron chi connectivity index (χ1n) is 6.86. The van der Waals surface area contributed by atoms with Crippen LogP contribution in [0.2, 0.25) is 0 Å². The van der Waals surface area contributed by atoms with Gasteiger partial charge in [-0.05, 0) is 12.3 Å². The van der Waals surface area contributed by atoms with E-state index < -0.39 is 5.97 Å². The number of amides is 2. The van der Waals surface area contributed by atoms with Gasteiger partial charge in [0.05, 0.1) is 13.1 Å². The van der Waals surface area contributed by atoms with Crippen LogP contribution in [0, 0.1) is 5.92 Å². The molecule has 0 aromatic carbocycles. The standard InChI is InChI=1S/C13H22N2O5/c1-19-10-7-15(8-11(10)20-2)13(18)14-4-3-9(6-14)5-12(16)17/h9-11H,3-8H2,1-2H3,(H,16,17). The summed E-state index contributed by atoms with van der Waals surface area (Å²) in [6.45, 7) is 2.20. The smallest absolute Gasteiger partial charge is 0.320 e. The number of methoxy groups -OCH3 is 2. The molecule has 2 heterocycles. The molecule has 0 bridgehead atoms. The van der Waals surface area contributed by atoms with Gasteiger partial charge < -0.3 is 24.4 Å². The van der Waals surface area contributed by atoms with Crippen molar-refractivity contribution in [1.29, 1.82) is 0 Å². The van der Waals surface area contributed by atoms with Gasteiger partial charge in [0.2, 0.25) is 0 Å². The molecule has 20 heavy (non-hydrogen) atoms. The van der Waals surface area contributed by atoms with Crippen LogP contribution in [0.5, 0.6) is 0 Å². The molecule has 2 aliphatic rings. The van der Waals surface area contributed by atoms with Crippen LogP contribution in [-0.2, 0) is 14.3 Å². The van der Waals surface area contributed by atoms with Crippen LogP contribution in [0.3, 0.4) is 0 Å². The number of rotatable bonds is 4. The van der Waals surface area contributed by atoms with Crippen LogP contribution < -0.4 is 0 Å². The van der Waals surface area contributed by atoms with E-state index in [1.807, 2.05) is 0 Å². The highest BCUT2D eigenvalue weighted by molar-refractivity contribution is 5.75. The number of carbonyl (C=O) groups is 2. The summed E-state index contributed by atoms with van der Waals surface area (Å²) >= 11 is 0. The van der Waals surface area contributed by atoms with Crippen LogP contribution in [0.25, 0.3) is 0 Å². The lowest BCUT2D eigenvalue weighted by molar-refractivity contribution is -0.138. The average Bonchev–Trinajstić information content (AvgIpc) is 3.03. The van der Waals surface area contributed by atoms with E-state index in [9.17, 15) is 9.59 Å². The lowest BCUT2D eigenvalue weighted by atomic mass is 10.1. The monoisotopic (exact) mass is 286 g/mol. The van der Waals surface area contributed by atoms with Crippen LogP contribution in [0.15, 0.2) is 0 Å². The molecule has 0 aromatic heterocycles. The molecule has 0 saturated carbocycles. The summed E-state index contributed by atoms with van der Waals surface area (Å²) in [5, 5.41) is 8.80. The average molecular weight is 286 g/mol. The minimum atomic E-state index is -0.802. The Morgan fingerprint density at radius 2 is 1.70 bits per heavy atom. The largest absolute Gasteiger partial charge is 0.481 e. The molecule has 2 saturated heterocycles. The maximum atomic E-state index is 12.4. The third-order valence-electron chi connectivity index (χ3n) is 4.11. The second-order valence-electron chi connectivity index (χ2n) is 5.43. The highest BCUT2D eigenvalue weighted by atomic mass is 16.5. The van der Waals surface area contributed by atoms with Crippen LogP contribution in [0.1, 0.15) is 12.8 Å². The summed E-state index contributed by atoms with van der Waals surface area (Å²) in [6, 6.07) is -0.0421. The summed E-state index contributed by atoms with van der Waals surface area (Å²) in [6.07, 6.45) is 0.695. The SMILES string of the molecule is COC1CN(C(=O)N2CCC(CC(=O)O)C2)CC1OC. The highest BCUT2D eigenvalue weighted by Gasteiger charge is 2.39. The fraction of sp³-hybridized carbons (Fsp3) is 0.846. The Balaban J connectivity index is 1.88. The zero-order valence-electron chi connectivity index (χ0n) is 11.9. The molecule has 2 fully saturated rings. The summed E-state index contributed by atoms with van der Waals surface area (Å²) in [7, 11) is 3.23. The number of urea groups is 1. The Hall–Kier alpha value is -1.34. The lowest BCUT2D eigenvalue weighted by Crippen LogP contribution is -2.41. The van der Waals surface area contributed by atoms with Crippen molar-refractivity contribution in [3.05, 3.63) is 0 Å². The molecule has 0 aromatic rings. The number of hydrogen-bond acceptors (Lipinski definition) is 4. The summed E-state index contributed by atoms with van der Waals surface area (Å²) in [5.41, 5.74) is 0. The molecule has 0 spiro atoms. The number of carboxylic acids is 1. The number of likely N-dealkylation sites (tertiary alicyclic amines) is 2. The Morgan fingerprint density at radius 3 is 2.20 bits per heavy atom. The Morgan fingerprint density at radius 1 is 1.10 bits per heavy atom. The van der Waals surface area contributed by atoms with Gasteiger partial charge in [-0.15, -0.1) is 0 Å². The first-order chi connectivity index (χ1) is 9.55. The third-order valence-corrected chi connectivity index (χ3v) is 4.11. The first kappa shape index (κ1) is 15.1. The fourth-order valence-corrected chi connectivity index (χ4v) is 2.97. The normalized spacial score (nSPS) is 30.0. The molecular formula is C13H22N2O5. The van der Waals surface area contributed by atoms with Gasteiger partial charge in [-0.3, -0.25) is 4.79 Å². The van der Waals surface area contributed by atoms with Crippen LogP contribution in [0.4, 0.5) is 4.79 Å². The number of carboxylic acid groups (broad SMARTS) is 1. The minimum Gasteiger partial charge on any atom is -0.481 e. The maximum absolute atomic E-state index is 12.4. The van der Waals surface area contributed by atoms with Crippen LogP contribution in [-0.4, -0.2) is 79.5 Å². The highest BCUT2D eigenvalue weighted by Crippen LogP contribution is 2.23.